The molecule has 0 N–H and O–H groups in total. The molecule has 172 valence electrons. The molecule has 0 radical (unpaired) electrons. The lowest BCUT2D eigenvalue weighted by atomic mass is 10.0. The smallest absolute Gasteiger partial charge is 0.169 e. The Morgan fingerprint density at radius 3 is 1.35 bits per heavy atom. The van der Waals surface area contributed by atoms with E-state index >= 15 is 0 Å². The summed E-state index contributed by atoms with van der Waals surface area (Å²) < 4.78 is 11.8. The van der Waals surface area contributed by atoms with Gasteiger partial charge in [0.2, 0.25) is 0 Å². The van der Waals surface area contributed by atoms with Gasteiger partial charge in [-0.3, -0.25) is 4.79 Å². The number of carbonyl (C=O) groups is 1. The molecule has 4 aromatic carbocycles. The second-order valence-electron chi connectivity index (χ2n) is 7.87. The molecule has 0 saturated heterocycles. The number of ketones is 1. The van der Waals surface area contributed by atoms with Gasteiger partial charge < -0.3 is 9.47 Å². The molecule has 0 spiro atoms. The fourth-order valence-electron chi connectivity index (χ4n) is 3.53. The molecular formula is C29H24Cl2O3. The summed E-state index contributed by atoms with van der Waals surface area (Å²) >= 11 is 13.0. The van der Waals surface area contributed by atoms with Crippen molar-refractivity contribution in [2.24, 2.45) is 0 Å². The molecule has 4 rings (SSSR count). The first kappa shape index (κ1) is 23.9. The van der Waals surface area contributed by atoms with Crippen LogP contribution in [0.1, 0.15) is 11.1 Å². The first-order valence-electron chi connectivity index (χ1n) is 11.0. The molecule has 0 aliphatic heterocycles. The minimum Gasteiger partial charge on any atom is -0.457 e. The Kier molecular flexibility index (Phi) is 8.24. The van der Waals surface area contributed by atoms with Crippen LogP contribution in [0.25, 0.3) is 0 Å². The summed E-state index contributed by atoms with van der Waals surface area (Å²) in [5.74, 6) is 2.68. The van der Waals surface area contributed by atoms with Crippen molar-refractivity contribution in [3.63, 3.8) is 0 Å². The Bertz CT molecular complexity index is 1120. The van der Waals surface area contributed by atoms with Gasteiger partial charge in [0.05, 0.1) is 10.8 Å². The molecule has 0 fully saturated rings. The molecule has 2 unspecified atom stereocenters. The molecule has 2 atom stereocenters. The maximum atomic E-state index is 12.9. The number of para-hydroxylation sites is 2. The highest BCUT2D eigenvalue weighted by molar-refractivity contribution is 6.40. The van der Waals surface area contributed by atoms with Crippen LogP contribution in [-0.4, -0.2) is 16.5 Å². The lowest BCUT2D eigenvalue weighted by Gasteiger charge is -2.15. The summed E-state index contributed by atoms with van der Waals surface area (Å²) in [5.41, 5.74) is 1.81. The van der Waals surface area contributed by atoms with Crippen molar-refractivity contribution in [2.45, 2.75) is 23.6 Å². The van der Waals surface area contributed by atoms with Gasteiger partial charge in [0.1, 0.15) is 23.0 Å². The highest BCUT2D eigenvalue weighted by Crippen LogP contribution is 2.25. The van der Waals surface area contributed by atoms with Crippen LogP contribution in [0.3, 0.4) is 0 Å². The molecule has 0 amide bonds. The van der Waals surface area contributed by atoms with Gasteiger partial charge in [0.25, 0.3) is 0 Å². The zero-order valence-electron chi connectivity index (χ0n) is 18.4. The molecule has 0 aliphatic rings. The number of carbonyl (C=O) groups excluding carboxylic acids is 1. The zero-order valence-corrected chi connectivity index (χ0v) is 20.0. The van der Waals surface area contributed by atoms with Gasteiger partial charge in [-0.2, -0.15) is 0 Å². The van der Waals surface area contributed by atoms with Crippen LogP contribution < -0.4 is 9.47 Å². The summed E-state index contributed by atoms with van der Waals surface area (Å²) in [6.45, 7) is 0. The fourth-order valence-corrected chi connectivity index (χ4v) is 4.26. The van der Waals surface area contributed by atoms with Crippen molar-refractivity contribution in [1.82, 2.24) is 0 Å². The normalized spacial score (nSPS) is 12.5. The van der Waals surface area contributed by atoms with Gasteiger partial charge in [-0.05, 0) is 72.5 Å². The molecule has 5 heteroatoms. The third-order valence-electron chi connectivity index (χ3n) is 5.20. The number of halogens is 2. The maximum Gasteiger partial charge on any atom is 0.169 e. The number of rotatable bonds is 10. The minimum absolute atomic E-state index is 0.202. The molecular weight excluding hydrogens is 467 g/mol. The molecule has 0 saturated carbocycles. The van der Waals surface area contributed by atoms with Crippen molar-refractivity contribution >= 4 is 29.0 Å². The van der Waals surface area contributed by atoms with E-state index in [2.05, 4.69) is 0 Å². The minimum atomic E-state index is -0.738. The monoisotopic (exact) mass is 490 g/mol. The number of Topliss-reactive ketones (excluding diaryl/α,β-unsaturated/α-hetero) is 1. The molecule has 4 aromatic rings. The van der Waals surface area contributed by atoms with Crippen molar-refractivity contribution in [3.05, 3.63) is 120 Å². The standard InChI is InChI=1S/C29H24Cl2O3/c30-27(19-21-9-7-15-25(17-21)33-23-11-3-1-4-12-23)29(32)28(31)20-22-10-8-16-26(18-22)34-24-13-5-2-6-14-24/h1-18,27-28H,19-20H2. The Morgan fingerprint density at radius 2 is 0.941 bits per heavy atom. The van der Waals surface area contributed by atoms with Gasteiger partial charge in [0.15, 0.2) is 5.78 Å². The largest absolute Gasteiger partial charge is 0.457 e. The molecule has 0 heterocycles. The van der Waals surface area contributed by atoms with Crippen LogP contribution in [-0.2, 0) is 17.6 Å². The third-order valence-corrected chi connectivity index (χ3v) is 5.94. The van der Waals surface area contributed by atoms with E-state index in [4.69, 9.17) is 32.7 Å². The van der Waals surface area contributed by atoms with Gasteiger partial charge in [-0.25, -0.2) is 0 Å². The number of benzene rings is 4. The van der Waals surface area contributed by atoms with Crippen LogP contribution >= 0.6 is 23.2 Å². The van der Waals surface area contributed by atoms with Crippen molar-refractivity contribution in [2.75, 3.05) is 0 Å². The highest BCUT2D eigenvalue weighted by atomic mass is 35.5. The zero-order chi connectivity index (χ0) is 23.8. The number of ether oxygens (including phenoxy) is 2. The van der Waals surface area contributed by atoms with Crippen LogP contribution in [0.5, 0.6) is 23.0 Å². The number of hydrogen-bond donors (Lipinski definition) is 0. The van der Waals surface area contributed by atoms with E-state index in [1.54, 1.807) is 0 Å². The Morgan fingerprint density at radius 1 is 0.559 bits per heavy atom. The van der Waals surface area contributed by atoms with E-state index < -0.39 is 10.8 Å². The summed E-state index contributed by atoms with van der Waals surface area (Å²) in [4.78, 5) is 12.9. The van der Waals surface area contributed by atoms with Gasteiger partial charge in [-0.15, -0.1) is 23.2 Å². The first-order valence-corrected chi connectivity index (χ1v) is 11.9. The topological polar surface area (TPSA) is 35.5 Å². The lowest BCUT2D eigenvalue weighted by molar-refractivity contribution is -0.118. The Labute approximate surface area is 209 Å². The van der Waals surface area contributed by atoms with E-state index in [1.807, 2.05) is 109 Å². The highest BCUT2D eigenvalue weighted by Gasteiger charge is 2.24. The third kappa shape index (κ3) is 6.86. The molecule has 34 heavy (non-hydrogen) atoms. The summed E-state index contributed by atoms with van der Waals surface area (Å²) in [6, 6.07) is 34.2. The summed E-state index contributed by atoms with van der Waals surface area (Å²) in [6.07, 6.45) is 0.736. The maximum absolute atomic E-state index is 12.9. The van der Waals surface area contributed by atoms with E-state index in [0.29, 0.717) is 24.3 Å². The quantitative estimate of drug-likeness (QED) is 0.212. The number of hydrogen-bond acceptors (Lipinski definition) is 3. The fraction of sp³-hybridized carbons (Fsp3) is 0.138. The summed E-state index contributed by atoms with van der Waals surface area (Å²) in [7, 11) is 0. The van der Waals surface area contributed by atoms with Gasteiger partial charge in [0, 0.05) is 0 Å². The molecule has 3 nitrogen and oxygen atoms in total. The van der Waals surface area contributed by atoms with Gasteiger partial charge in [-0.1, -0.05) is 60.7 Å². The number of alkyl halides is 2. The van der Waals surface area contributed by atoms with Crippen molar-refractivity contribution in [1.29, 1.82) is 0 Å². The average molecular weight is 491 g/mol. The Hall–Kier alpha value is -3.27. The van der Waals surface area contributed by atoms with E-state index in [-0.39, 0.29) is 5.78 Å². The molecule has 0 aromatic heterocycles. The van der Waals surface area contributed by atoms with Crippen molar-refractivity contribution < 1.29 is 14.3 Å². The molecule has 0 bridgehead atoms. The average Bonchev–Trinajstić information content (AvgIpc) is 2.85. The van der Waals surface area contributed by atoms with Crippen LogP contribution in [0.15, 0.2) is 109 Å². The predicted octanol–water partition coefficient (Wildman–Crippen LogP) is 7.84. The van der Waals surface area contributed by atoms with Crippen LogP contribution in [0.4, 0.5) is 0 Å². The van der Waals surface area contributed by atoms with Crippen LogP contribution in [0.2, 0.25) is 0 Å². The second kappa shape index (κ2) is 11.7. The van der Waals surface area contributed by atoms with E-state index in [9.17, 15) is 4.79 Å². The Balaban J connectivity index is 1.35. The summed E-state index contributed by atoms with van der Waals surface area (Å²) in [5, 5.41) is -1.48. The predicted molar refractivity (Wildman–Crippen MR) is 138 cm³/mol. The first-order chi connectivity index (χ1) is 16.6. The van der Waals surface area contributed by atoms with E-state index in [1.165, 1.54) is 0 Å². The van der Waals surface area contributed by atoms with Crippen molar-refractivity contribution in [3.8, 4) is 23.0 Å². The lowest BCUT2D eigenvalue weighted by Crippen LogP contribution is -2.28. The van der Waals surface area contributed by atoms with Crippen LogP contribution in [0, 0.1) is 0 Å². The van der Waals surface area contributed by atoms with Gasteiger partial charge >= 0.3 is 0 Å². The van der Waals surface area contributed by atoms with E-state index in [0.717, 1.165) is 22.6 Å². The SMILES string of the molecule is O=C(C(Cl)Cc1cccc(Oc2ccccc2)c1)C(Cl)Cc1cccc(Oc2ccccc2)c1. The second-order valence-corrected chi connectivity index (χ2v) is 8.92. The molecule has 0 aliphatic carbocycles.